The van der Waals surface area contributed by atoms with Crippen LogP contribution >= 0.6 is 15.9 Å². The van der Waals surface area contributed by atoms with Crippen LogP contribution in [0.4, 0.5) is 0 Å². The molecule has 1 atom stereocenters. The Bertz CT molecular complexity index is 601. The van der Waals surface area contributed by atoms with E-state index in [-0.39, 0.29) is 6.04 Å². The van der Waals surface area contributed by atoms with Crippen molar-refractivity contribution in [3.05, 3.63) is 57.8 Å². The first-order valence-electron chi connectivity index (χ1n) is 7.12. The van der Waals surface area contributed by atoms with E-state index in [2.05, 4.69) is 45.3 Å². The number of methoxy groups -OCH3 is 1. The van der Waals surface area contributed by atoms with Crippen molar-refractivity contribution in [3.63, 3.8) is 0 Å². The molecule has 4 heteroatoms. The van der Waals surface area contributed by atoms with Gasteiger partial charge in [0.1, 0.15) is 5.75 Å². The number of benzene rings is 1. The predicted octanol–water partition coefficient (Wildman–Crippen LogP) is 3.92. The fraction of sp³-hybridized carbons (Fsp3) is 0.353. The fourth-order valence-electron chi connectivity index (χ4n) is 2.57. The van der Waals surface area contributed by atoms with E-state index in [4.69, 9.17) is 4.74 Å². The fourth-order valence-corrected chi connectivity index (χ4v) is 2.98. The van der Waals surface area contributed by atoms with Crippen LogP contribution < -0.4 is 10.1 Å². The Balaban J connectivity index is 2.33. The molecule has 0 saturated carbocycles. The number of hydrogen-bond donors (Lipinski definition) is 1. The minimum atomic E-state index is 0.242. The van der Waals surface area contributed by atoms with Crippen LogP contribution in [0.15, 0.2) is 41.1 Å². The molecule has 0 radical (unpaired) electrons. The van der Waals surface area contributed by atoms with Crippen molar-refractivity contribution in [2.45, 2.75) is 25.8 Å². The van der Waals surface area contributed by atoms with Crippen molar-refractivity contribution in [1.82, 2.24) is 10.3 Å². The van der Waals surface area contributed by atoms with Gasteiger partial charge < -0.3 is 10.1 Å². The van der Waals surface area contributed by atoms with Crippen LogP contribution in [0.25, 0.3) is 0 Å². The minimum absolute atomic E-state index is 0.242. The molecule has 1 unspecified atom stereocenters. The number of halogens is 1. The average Bonchev–Trinajstić information content (AvgIpc) is 2.52. The van der Waals surface area contributed by atoms with E-state index in [1.807, 2.05) is 31.6 Å². The Hall–Kier alpha value is -1.39. The molecular formula is C17H21BrN2O. The lowest BCUT2D eigenvalue weighted by Crippen LogP contribution is -2.20. The largest absolute Gasteiger partial charge is 0.496 e. The summed E-state index contributed by atoms with van der Waals surface area (Å²) in [5, 5.41) is 3.41. The average molecular weight is 349 g/mol. The van der Waals surface area contributed by atoms with Crippen LogP contribution in [-0.2, 0) is 12.8 Å². The number of aryl methyl sites for hydroxylation is 1. The van der Waals surface area contributed by atoms with Crippen molar-refractivity contribution < 1.29 is 4.74 Å². The summed E-state index contributed by atoms with van der Waals surface area (Å²) >= 11 is 3.54. The maximum absolute atomic E-state index is 5.48. The molecule has 1 aromatic carbocycles. The predicted molar refractivity (Wildman–Crippen MR) is 89.8 cm³/mol. The molecule has 112 valence electrons. The van der Waals surface area contributed by atoms with Gasteiger partial charge in [-0.05, 0) is 60.8 Å². The number of aromatic nitrogens is 1. The number of nitrogens with one attached hydrogen (secondary N) is 1. The third-order valence-electron chi connectivity index (χ3n) is 3.71. The van der Waals surface area contributed by atoms with Crippen molar-refractivity contribution in [3.8, 4) is 5.75 Å². The van der Waals surface area contributed by atoms with Gasteiger partial charge in [0.2, 0.25) is 0 Å². The topological polar surface area (TPSA) is 34.1 Å². The molecule has 1 heterocycles. The van der Waals surface area contributed by atoms with E-state index in [0.717, 1.165) is 23.1 Å². The second-order valence-electron chi connectivity index (χ2n) is 4.93. The summed E-state index contributed by atoms with van der Waals surface area (Å²) in [6, 6.07) is 8.46. The quantitative estimate of drug-likeness (QED) is 0.858. The zero-order valence-electron chi connectivity index (χ0n) is 12.7. The van der Waals surface area contributed by atoms with Crippen molar-refractivity contribution in [2.24, 2.45) is 0 Å². The minimum Gasteiger partial charge on any atom is -0.496 e. The Morgan fingerprint density at radius 3 is 2.76 bits per heavy atom. The SMILES string of the molecule is CCc1cnccc1C(Cc1cc(Br)ccc1OC)NC. The lowest BCUT2D eigenvalue weighted by atomic mass is 9.95. The van der Waals surface area contributed by atoms with E-state index in [1.165, 1.54) is 16.7 Å². The summed E-state index contributed by atoms with van der Waals surface area (Å²) in [4.78, 5) is 4.23. The zero-order chi connectivity index (χ0) is 15.2. The van der Waals surface area contributed by atoms with Gasteiger partial charge in [0.25, 0.3) is 0 Å². The number of likely N-dealkylation sites (N-methyl/N-ethyl adjacent to an activating group) is 1. The Labute approximate surface area is 134 Å². The van der Waals surface area contributed by atoms with Gasteiger partial charge >= 0.3 is 0 Å². The van der Waals surface area contributed by atoms with E-state index >= 15 is 0 Å². The smallest absolute Gasteiger partial charge is 0.122 e. The first kappa shape index (κ1) is 16.0. The third kappa shape index (κ3) is 3.83. The second kappa shape index (κ2) is 7.57. The van der Waals surface area contributed by atoms with Crippen LogP contribution in [0.1, 0.15) is 29.7 Å². The number of ether oxygens (including phenoxy) is 1. The lowest BCUT2D eigenvalue weighted by Gasteiger charge is -2.21. The molecule has 0 saturated heterocycles. The monoisotopic (exact) mass is 348 g/mol. The van der Waals surface area contributed by atoms with Crippen LogP contribution in [0.5, 0.6) is 5.75 Å². The van der Waals surface area contributed by atoms with Crippen LogP contribution in [0, 0.1) is 0 Å². The van der Waals surface area contributed by atoms with Crippen molar-refractivity contribution >= 4 is 15.9 Å². The van der Waals surface area contributed by atoms with Gasteiger partial charge in [-0.1, -0.05) is 22.9 Å². The Morgan fingerprint density at radius 1 is 1.29 bits per heavy atom. The van der Waals surface area contributed by atoms with E-state index in [0.29, 0.717) is 0 Å². The summed E-state index contributed by atoms with van der Waals surface area (Å²) in [5.74, 6) is 0.922. The molecule has 0 spiro atoms. The summed E-state index contributed by atoms with van der Waals surface area (Å²) in [6.45, 7) is 2.16. The highest BCUT2D eigenvalue weighted by Crippen LogP contribution is 2.29. The molecule has 3 nitrogen and oxygen atoms in total. The van der Waals surface area contributed by atoms with Gasteiger partial charge in [-0.25, -0.2) is 0 Å². The molecule has 1 N–H and O–H groups in total. The Morgan fingerprint density at radius 2 is 2.10 bits per heavy atom. The van der Waals surface area contributed by atoms with Gasteiger partial charge in [-0.15, -0.1) is 0 Å². The standard InChI is InChI=1S/C17H21BrN2O/c1-4-12-11-20-8-7-15(12)16(19-2)10-13-9-14(18)5-6-17(13)21-3/h5-9,11,16,19H,4,10H2,1-3H3. The summed E-state index contributed by atoms with van der Waals surface area (Å²) in [7, 11) is 3.71. The lowest BCUT2D eigenvalue weighted by molar-refractivity contribution is 0.406. The number of hydrogen-bond acceptors (Lipinski definition) is 3. The normalized spacial score (nSPS) is 12.2. The van der Waals surface area contributed by atoms with E-state index < -0.39 is 0 Å². The third-order valence-corrected chi connectivity index (χ3v) is 4.21. The highest BCUT2D eigenvalue weighted by molar-refractivity contribution is 9.10. The summed E-state index contributed by atoms with van der Waals surface area (Å²) in [5.41, 5.74) is 3.77. The number of pyridine rings is 1. The second-order valence-corrected chi connectivity index (χ2v) is 5.85. The maximum Gasteiger partial charge on any atom is 0.122 e. The van der Waals surface area contributed by atoms with Crippen LogP contribution in [0.2, 0.25) is 0 Å². The molecule has 21 heavy (non-hydrogen) atoms. The summed E-state index contributed by atoms with van der Waals surface area (Å²) < 4.78 is 6.55. The zero-order valence-corrected chi connectivity index (χ0v) is 14.3. The van der Waals surface area contributed by atoms with Gasteiger partial charge in [-0.3, -0.25) is 4.98 Å². The first-order valence-corrected chi connectivity index (χ1v) is 7.91. The van der Waals surface area contributed by atoms with Crippen molar-refractivity contribution in [1.29, 1.82) is 0 Å². The molecule has 2 rings (SSSR count). The van der Waals surface area contributed by atoms with Gasteiger partial charge in [0.05, 0.1) is 7.11 Å². The van der Waals surface area contributed by atoms with E-state index in [1.54, 1.807) is 7.11 Å². The van der Waals surface area contributed by atoms with Crippen LogP contribution in [-0.4, -0.2) is 19.1 Å². The molecule has 0 fully saturated rings. The molecule has 0 aliphatic heterocycles. The summed E-state index contributed by atoms with van der Waals surface area (Å²) in [6.07, 6.45) is 5.67. The highest BCUT2D eigenvalue weighted by atomic mass is 79.9. The molecule has 0 bridgehead atoms. The van der Waals surface area contributed by atoms with Gasteiger partial charge in [-0.2, -0.15) is 0 Å². The number of rotatable bonds is 6. The van der Waals surface area contributed by atoms with Gasteiger partial charge in [0, 0.05) is 22.9 Å². The first-order chi connectivity index (χ1) is 10.2. The molecule has 2 aromatic rings. The van der Waals surface area contributed by atoms with E-state index in [9.17, 15) is 0 Å². The maximum atomic E-state index is 5.48. The molecule has 0 aliphatic rings. The Kier molecular flexibility index (Phi) is 5.76. The molecule has 1 aromatic heterocycles. The number of nitrogens with zero attached hydrogens (tertiary/aromatic N) is 1. The molecule has 0 amide bonds. The molecular weight excluding hydrogens is 328 g/mol. The molecule has 0 aliphatic carbocycles. The van der Waals surface area contributed by atoms with Crippen LogP contribution in [0.3, 0.4) is 0 Å². The van der Waals surface area contributed by atoms with Crippen molar-refractivity contribution in [2.75, 3.05) is 14.2 Å². The highest BCUT2D eigenvalue weighted by Gasteiger charge is 2.16. The van der Waals surface area contributed by atoms with Gasteiger partial charge in [0.15, 0.2) is 0 Å².